The molecule has 0 fully saturated rings. The van der Waals surface area contributed by atoms with Crippen molar-refractivity contribution in [1.29, 1.82) is 0 Å². The average molecular weight is 230 g/mol. The van der Waals surface area contributed by atoms with Crippen LogP contribution in [-0.2, 0) is 0 Å². The molecule has 0 spiro atoms. The SMILES string of the molecule is COc1ccc(-c2cc(N)c(=O)[nH]c2C)cc1. The molecule has 0 aliphatic rings. The summed E-state index contributed by atoms with van der Waals surface area (Å²) >= 11 is 0. The van der Waals surface area contributed by atoms with E-state index in [4.69, 9.17) is 10.5 Å². The number of H-pyrrole nitrogens is 1. The largest absolute Gasteiger partial charge is 0.497 e. The number of nitrogens with one attached hydrogen (secondary N) is 1. The van der Waals surface area contributed by atoms with Gasteiger partial charge in [0.15, 0.2) is 0 Å². The van der Waals surface area contributed by atoms with Crippen molar-refractivity contribution < 1.29 is 4.74 Å². The van der Waals surface area contributed by atoms with E-state index in [1.54, 1.807) is 13.2 Å². The van der Waals surface area contributed by atoms with Crippen molar-refractivity contribution in [3.63, 3.8) is 0 Å². The number of nitrogen functional groups attached to an aromatic ring is 1. The minimum Gasteiger partial charge on any atom is -0.497 e. The van der Waals surface area contributed by atoms with Crippen molar-refractivity contribution in [1.82, 2.24) is 4.98 Å². The van der Waals surface area contributed by atoms with Gasteiger partial charge in [-0.25, -0.2) is 0 Å². The summed E-state index contributed by atoms with van der Waals surface area (Å²) in [6.07, 6.45) is 0. The van der Waals surface area contributed by atoms with Gasteiger partial charge in [0.2, 0.25) is 0 Å². The van der Waals surface area contributed by atoms with Crippen LogP contribution in [-0.4, -0.2) is 12.1 Å². The van der Waals surface area contributed by atoms with E-state index in [9.17, 15) is 4.79 Å². The van der Waals surface area contributed by atoms with E-state index >= 15 is 0 Å². The molecule has 0 saturated carbocycles. The molecule has 0 radical (unpaired) electrons. The van der Waals surface area contributed by atoms with Crippen molar-refractivity contribution >= 4 is 5.69 Å². The Balaban J connectivity index is 2.52. The Morgan fingerprint density at radius 1 is 1.24 bits per heavy atom. The Kier molecular flexibility index (Phi) is 2.87. The lowest BCUT2D eigenvalue weighted by atomic mass is 10.0. The Morgan fingerprint density at radius 3 is 2.47 bits per heavy atom. The number of hydrogen-bond donors (Lipinski definition) is 2. The van der Waals surface area contributed by atoms with Crippen LogP contribution in [0.2, 0.25) is 0 Å². The molecule has 1 heterocycles. The number of aromatic nitrogens is 1. The number of pyridine rings is 1. The summed E-state index contributed by atoms with van der Waals surface area (Å²) in [4.78, 5) is 14.0. The molecule has 1 aromatic heterocycles. The molecule has 0 saturated heterocycles. The molecular formula is C13H14N2O2. The van der Waals surface area contributed by atoms with Crippen LogP contribution in [0.15, 0.2) is 35.1 Å². The van der Waals surface area contributed by atoms with Gasteiger partial charge in [-0.1, -0.05) is 12.1 Å². The first-order valence-electron chi connectivity index (χ1n) is 5.25. The predicted octanol–water partition coefficient (Wildman–Crippen LogP) is 1.94. The summed E-state index contributed by atoms with van der Waals surface area (Å²) in [6.45, 7) is 1.85. The highest BCUT2D eigenvalue weighted by Gasteiger charge is 2.05. The molecule has 0 aliphatic carbocycles. The first-order valence-corrected chi connectivity index (χ1v) is 5.25. The van der Waals surface area contributed by atoms with Crippen LogP contribution in [0.5, 0.6) is 5.75 Å². The minimum atomic E-state index is -0.250. The maximum atomic E-state index is 11.3. The van der Waals surface area contributed by atoms with Gasteiger partial charge in [0, 0.05) is 11.3 Å². The molecule has 4 heteroatoms. The molecule has 0 unspecified atom stereocenters. The van der Waals surface area contributed by atoms with Crippen LogP contribution in [0.3, 0.4) is 0 Å². The van der Waals surface area contributed by atoms with E-state index in [0.717, 1.165) is 22.6 Å². The number of rotatable bonds is 2. The third kappa shape index (κ3) is 2.15. The molecule has 0 aliphatic heterocycles. The first kappa shape index (κ1) is 11.3. The maximum Gasteiger partial charge on any atom is 0.271 e. The van der Waals surface area contributed by atoms with Gasteiger partial charge in [-0.3, -0.25) is 4.79 Å². The summed E-state index contributed by atoms with van der Waals surface area (Å²) in [7, 11) is 1.62. The minimum absolute atomic E-state index is 0.224. The van der Waals surface area contributed by atoms with Crippen molar-refractivity contribution in [2.24, 2.45) is 0 Å². The van der Waals surface area contributed by atoms with E-state index in [-0.39, 0.29) is 11.2 Å². The van der Waals surface area contributed by atoms with Gasteiger partial charge < -0.3 is 15.5 Å². The molecule has 0 atom stereocenters. The number of anilines is 1. The summed E-state index contributed by atoms with van der Waals surface area (Å²) in [5, 5.41) is 0. The lowest BCUT2D eigenvalue weighted by Crippen LogP contribution is -2.13. The molecule has 3 N–H and O–H groups in total. The van der Waals surface area contributed by atoms with E-state index in [2.05, 4.69) is 4.98 Å². The molecule has 88 valence electrons. The quantitative estimate of drug-likeness (QED) is 0.828. The smallest absolute Gasteiger partial charge is 0.271 e. The number of aryl methyl sites for hydroxylation is 1. The Hall–Kier alpha value is -2.23. The number of benzene rings is 1. The second-order valence-electron chi connectivity index (χ2n) is 3.82. The molecule has 4 nitrogen and oxygen atoms in total. The maximum absolute atomic E-state index is 11.3. The second kappa shape index (κ2) is 4.33. The van der Waals surface area contributed by atoms with Crippen molar-refractivity contribution in [2.75, 3.05) is 12.8 Å². The lowest BCUT2D eigenvalue weighted by Gasteiger charge is -2.07. The molecule has 2 rings (SSSR count). The van der Waals surface area contributed by atoms with Crippen LogP contribution in [0.4, 0.5) is 5.69 Å². The fraction of sp³-hybridized carbons (Fsp3) is 0.154. The van der Waals surface area contributed by atoms with Gasteiger partial charge in [-0.15, -0.1) is 0 Å². The third-order valence-corrected chi connectivity index (χ3v) is 2.67. The van der Waals surface area contributed by atoms with Crippen LogP contribution < -0.4 is 16.0 Å². The standard InChI is InChI=1S/C13H14N2O2/c1-8-11(7-12(14)13(16)15-8)9-3-5-10(17-2)6-4-9/h3-7H,14H2,1-2H3,(H,15,16). The monoisotopic (exact) mass is 230 g/mol. The van der Waals surface area contributed by atoms with Gasteiger partial charge in [0.05, 0.1) is 12.8 Å². The molecule has 2 aromatic rings. The van der Waals surface area contributed by atoms with E-state index < -0.39 is 0 Å². The van der Waals surface area contributed by atoms with E-state index in [1.807, 2.05) is 31.2 Å². The van der Waals surface area contributed by atoms with Gasteiger partial charge in [0.25, 0.3) is 5.56 Å². The number of hydrogen-bond acceptors (Lipinski definition) is 3. The Bertz CT molecular complexity index is 585. The normalized spacial score (nSPS) is 10.2. The summed E-state index contributed by atoms with van der Waals surface area (Å²) in [6, 6.07) is 9.29. The van der Waals surface area contributed by atoms with Crippen molar-refractivity contribution in [3.8, 4) is 16.9 Å². The van der Waals surface area contributed by atoms with Gasteiger partial charge >= 0.3 is 0 Å². The topological polar surface area (TPSA) is 68.1 Å². The number of aromatic amines is 1. The molecule has 1 aromatic carbocycles. The summed E-state index contributed by atoms with van der Waals surface area (Å²) in [5.41, 5.74) is 8.30. The molecule has 0 bridgehead atoms. The zero-order valence-electron chi connectivity index (χ0n) is 9.78. The van der Waals surface area contributed by atoms with E-state index in [1.165, 1.54) is 0 Å². The first-order chi connectivity index (χ1) is 8.11. The van der Waals surface area contributed by atoms with Crippen LogP contribution in [0.25, 0.3) is 11.1 Å². The van der Waals surface area contributed by atoms with E-state index in [0.29, 0.717) is 0 Å². The fourth-order valence-corrected chi connectivity index (χ4v) is 1.71. The van der Waals surface area contributed by atoms with Gasteiger partial charge in [-0.2, -0.15) is 0 Å². The lowest BCUT2D eigenvalue weighted by molar-refractivity contribution is 0.415. The highest BCUT2D eigenvalue weighted by atomic mass is 16.5. The summed E-state index contributed by atoms with van der Waals surface area (Å²) in [5.74, 6) is 0.795. The zero-order valence-corrected chi connectivity index (χ0v) is 9.78. The van der Waals surface area contributed by atoms with Crippen LogP contribution in [0, 0.1) is 6.92 Å². The van der Waals surface area contributed by atoms with Gasteiger partial charge in [-0.05, 0) is 30.7 Å². The number of nitrogens with two attached hydrogens (primary N) is 1. The van der Waals surface area contributed by atoms with Crippen molar-refractivity contribution in [3.05, 3.63) is 46.4 Å². The fourth-order valence-electron chi connectivity index (χ4n) is 1.71. The van der Waals surface area contributed by atoms with Gasteiger partial charge in [0.1, 0.15) is 5.75 Å². The molecule has 0 amide bonds. The summed E-state index contributed by atoms with van der Waals surface area (Å²) < 4.78 is 5.10. The second-order valence-corrected chi connectivity index (χ2v) is 3.82. The van der Waals surface area contributed by atoms with Crippen LogP contribution in [0.1, 0.15) is 5.69 Å². The van der Waals surface area contributed by atoms with Crippen LogP contribution >= 0.6 is 0 Å². The number of methoxy groups -OCH3 is 1. The highest BCUT2D eigenvalue weighted by Crippen LogP contribution is 2.24. The zero-order chi connectivity index (χ0) is 12.4. The Morgan fingerprint density at radius 2 is 1.88 bits per heavy atom. The molecular weight excluding hydrogens is 216 g/mol. The third-order valence-electron chi connectivity index (χ3n) is 2.67. The predicted molar refractivity (Wildman–Crippen MR) is 68.2 cm³/mol. The highest BCUT2D eigenvalue weighted by molar-refractivity contribution is 5.69. The Labute approximate surface area is 99.1 Å². The molecule has 17 heavy (non-hydrogen) atoms. The number of ether oxygens (including phenoxy) is 1. The average Bonchev–Trinajstić information content (AvgIpc) is 2.34. The van der Waals surface area contributed by atoms with Crippen molar-refractivity contribution in [2.45, 2.75) is 6.92 Å².